The van der Waals surface area contributed by atoms with Crippen molar-refractivity contribution >= 4 is 17.3 Å². The fraction of sp³-hybridized carbons (Fsp3) is 0.158. The summed E-state index contributed by atoms with van der Waals surface area (Å²) in [7, 11) is 2.03. The highest BCUT2D eigenvalue weighted by Gasteiger charge is 2.37. The second-order valence-electron chi connectivity index (χ2n) is 5.93. The molecular formula is C19H18N4S. The van der Waals surface area contributed by atoms with Crippen LogP contribution in [0.15, 0.2) is 73.2 Å². The first-order valence-corrected chi connectivity index (χ1v) is 8.32. The molecule has 2 aromatic heterocycles. The van der Waals surface area contributed by atoms with Crippen molar-refractivity contribution in [2.24, 2.45) is 0 Å². The van der Waals surface area contributed by atoms with Gasteiger partial charge in [0, 0.05) is 31.3 Å². The van der Waals surface area contributed by atoms with E-state index >= 15 is 0 Å². The van der Waals surface area contributed by atoms with Gasteiger partial charge in [0.05, 0.1) is 17.8 Å². The van der Waals surface area contributed by atoms with Gasteiger partial charge < -0.3 is 14.8 Å². The van der Waals surface area contributed by atoms with Crippen LogP contribution < -0.4 is 5.32 Å². The monoisotopic (exact) mass is 334 g/mol. The van der Waals surface area contributed by atoms with Crippen LogP contribution in [0.3, 0.4) is 0 Å². The topological polar surface area (TPSA) is 33.1 Å². The number of hydrogen-bond acceptors (Lipinski definition) is 2. The van der Waals surface area contributed by atoms with Crippen LogP contribution in [0.2, 0.25) is 0 Å². The first-order valence-electron chi connectivity index (χ1n) is 7.91. The first kappa shape index (κ1) is 14.9. The Morgan fingerprint density at radius 3 is 2.58 bits per heavy atom. The van der Waals surface area contributed by atoms with Crippen molar-refractivity contribution in [3.63, 3.8) is 0 Å². The lowest BCUT2D eigenvalue weighted by atomic mass is 9.99. The molecule has 0 amide bonds. The third kappa shape index (κ3) is 2.57. The molecule has 0 unspecified atom stereocenters. The smallest absolute Gasteiger partial charge is 0.169 e. The Morgan fingerprint density at radius 1 is 1.04 bits per heavy atom. The number of thiocarbonyl (C=S) groups is 1. The number of likely N-dealkylation sites (N-methyl/N-ethyl adjacent to an activating group) is 1. The van der Waals surface area contributed by atoms with Crippen LogP contribution in [0.5, 0.6) is 0 Å². The number of pyridine rings is 1. The van der Waals surface area contributed by atoms with Gasteiger partial charge in [-0.3, -0.25) is 4.98 Å². The predicted octanol–water partition coefficient (Wildman–Crippen LogP) is 3.47. The lowest BCUT2D eigenvalue weighted by Gasteiger charge is -2.23. The largest absolute Gasteiger partial charge is 0.352 e. The molecule has 1 saturated heterocycles. The summed E-state index contributed by atoms with van der Waals surface area (Å²) in [4.78, 5) is 6.63. The standard InChI is InChI=1S/C19H18N4S/c1-22-18(17(21-19(22)24)16-9-5-6-11-20-16)14-10-12-23(13-14)15-7-3-2-4-8-15/h2-13,17-18H,1H3,(H,21,24)/t17-,18-/m0/s1. The molecule has 1 aromatic carbocycles. The molecule has 2 atom stereocenters. The maximum atomic E-state index is 5.48. The fourth-order valence-corrected chi connectivity index (χ4v) is 3.46. The summed E-state index contributed by atoms with van der Waals surface area (Å²) in [5.41, 5.74) is 3.36. The average Bonchev–Trinajstić information content (AvgIpc) is 3.22. The fourth-order valence-electron chi connectivity index (χ4n) is 3.22. The highest BCUT2D eigenvalue weighted by molar-refractivity contribution is 7.80. The van der Waals surface area contributed by atoms with Gasteiger partial charge in [0.15, 0.2) is 5.11 Å². The molecule has 4 rings (SSSR count). The van der Waals surface area contributed by atoms with Crippen LogP contribution in [0, 0.1) is 0 Å². The van der Waals surface area contributed by atoms with E-state index in [1.54, 1.807) is 0 Å². The predicted molar refractivity (Wildman–Crippen MR) is 99.0 cm³/mol. The van der Waals surface area contributed by atoms with Crippen LogP contribution in [-0.2, 0) is 0 Å². The Morgan fingerprint density at radius 2 is 1.83 bits per heavy atom. The van der Waals surface area contributed by atoms with Crippen LogP contribution in [0.1, 0.15) is 23.3 Å². The van der Waals surface area contributed by atoms with E-state index < -0.39 is 0 Å². The molecule has 1 fully saturated rings. The summed E-state index contributed by atoms with van der Waals surface area (Å²) >= 11 is 5.48. The van der Waals surface area contributed by atoms with E-state index in [0.29, 0.717) is 0 Å². The van der Waals surface area contributed by atoms with Crippen molar-refractivity contribution in [3.8, 4) is 5.69 Å². The Hall–Kier alpha value is -2.66. The van der Waals surface area contributed by atoms with Crippen LogP contribution in [0.25, 0.3) is 5.69 Å². The van der Waals surface area contributed by atoms with E-state index in [2.05, 4.69) is 50.4 Å². The van der Waals surface area contributed by atoms with Crippen molar-refractivity contribution in [1.29, 1.82) is 0 Å². The van der Waals surface area contributed by atoms with Crippen molar-refractivity contribution in [3.05, 3.63) is 84.4 Å². The molecule has 4 nitrogen and oxygen atoms in total. The lowest BCUT2D eigenvalue weighted by Crippen LogP contribution is -2.24. The van der Waals surface area contributed by atoms with Gasteiger partial charge >= 0.3 is 0 Å². The zero-order valence-electron chi connectivity index (χ0n) is 13.3. The Kier molecular flexibility index (Phi) is 3.78. The van der Waals surface area contributed by atoms with Crippen molar-refractivity contribution < 1.29 is 0 Å². The average molecular weight is 334 g/mol. The van der Waals surface area contributed by atoms with Crippen molar-refractivity contribution in [1.82, 2.24) is 19.8 Å². The molecule has 1 N–H and O–H groups in total. The maximum Gasteiger partial charge on any atom is 0.169 e. The molecule has 3 aromatic rings. The number of para-hydroxylation sites is 1. The van der Waals surface area contributed by atoms with Crippen LogP contribution in [-0.4, -0.2) is 26.6 Å². The van der Waals surface area contributed by atoms with E-state index in [4.69, 9.17) is 12.2 Å². The van der Waals surface area contributed by atoms with Gasteiger partial charge in [-0.25, -0.2) is 0 Å². The molecule has 0 radical (unpaired) electrons. The molecule has 5 heteroatoms. The minimum absolute atomic E-state index is 0.0512. The number of nitrogens with one attached hydrogen (secondary N) is 1. The molecule has 0 saturated carbocycles. The minimum atomic E-state index is 0.0512. The molecule has 1 aliphatic heterocycles. The lowest BCUT2D eigenvalue weighted by molar-refractivity contribution is 0.368. The minimum Gasteiger partial charge on any atom is -0.352 e. The zero-order valence-corrected chi connectivity index (χ0v) is 14.1. The van der Waals surface area contributed by atoms with Gasteiger partial charge in [0.1, 0.15) is 0 Å². The highest BCUT2D eigenvalue weighted by atomic mass is 32.1. The molecule has 1 aliphatic rings. The summed E-state index contributed by atoms with van der Waals surface area (Å²) in [6.45, 7) is 0. The number of rotatable bonds is 3. The Balaban J connectivity index is 1.71. The molecular weight excluding hydrogens is 316 g/mol. The van der Waals surface area contributed by atoms with Crippen molar-refractivity contribution in [2.45, 2.75) is 12.1 Å². The Bertz CT molecular complexity index is 844. The van der Waals surface area contributed by atoms with Gasteiger partial charge in [0.2, 0.25) is 0 Å². The second-order valence-corrected chi connectivity index (χ2v) is 6.31. The van der Waals surface area contributed by atoms with Gasteiger partial charge in [0.25, 0.3) is 0 Å². The maximum absolute atomic E-state index is 5.48. The van der Waals surface area contributed by atoms with E-state index in [9.17, 15) is 0 Å². The molecule has 3 heterocycles. The van der Waals surface area contributed by atoms with E-state index in [-0.39, 0.29) is 12.1 Å². The molecule has 120 valence electrons. The zero-order chi connectivity index (χ0) is 16.5. The van der Waals surface area contributed by atoms with Gasteiger partial charge in [-0.1, -0.05) is 24.3 Å². The van der Waals surface area contributed by atoms with Gasteiger partial charge in [-0.05, 0) is 48.1 Å². The highest BCUT2D eigenvalue weighted by Crippen LogP contribution is 2.37. The number of nitrogens with zero attached hydrogens (tertiary/aromatic N) is 3. The van der Waals surface area contributed by atoms with E-state index in [1.807, 2.05) is 49.6 Å². The number of aromatic nitrogens is 2. The first-order chi connectivity index (χ1) is 11.7. The SMILES string of the molecule is CN1C(=S)N[C@@H](c2ccccn2)[C@@H]1c1ccn(-c2ccccc2)c1. The second kappa shape index (κ2) is 6.09. The van der Waals surface area contributed by atoms with Crippen molar-refractivity contribution in [2.75, 3.05) is 7.05 Å². The third-order valence-corrected chi connectivity index (χ3v) is 4.86. The molecule has 0 spiro atoms. The summed E-state index contributed by atoms with van der Waals surface area (Å²) in [6.07, 6.45) is 6.09. The number of hydrogen-bond donors (Lipinski definition) is 1. The molecule has 24 heavy (non-hydrogen) atoms. The number of benzene rings is 1. The third-order valence-electron chi connectivity index (χ3n) is 4.45. The molecule has 0 bridgehead atoms. The van der Waals surface area contributed by atoms with Crippen LogP contribution in [0.4, 0.5) is 0 Å². The van der Waals surface area contributed by atoms with E-state index in [1.165, 1.54) is 5.56 Å². The summed E-state index contributed by atoms with van der Waals surface area (Å²) in [5, 5.41) is 4.16. The summed E-state index contributed by atoms with van der Waals surface area (Å²) < 4.78 is 2.14. The van der Waals surface area contributed by atoms with E-state index in [0.717, 1.165) is 16.5 Å². The van der Waals surface area contributed by atoms with Gasteiger partial charge in [-0.15, -0.1) is 0 Å². The normalized spacial score (nSPS) is 20.2. The quantitative estimate of drug-likeness (QED) is 0.744. The Labute approximate surface area is 146 Å². The summed E-state index contributed by atoms with van der Waals surface area (Å²) in [6, 6.07) is 18.6. The summed E-state index contributed by atoms with van der Waals surface area (Å²) in [5.74, 6) is 0. The van der Waals surface area contributed by atoms with Gasteiger partial charge in [-0.2, -0.15) is 0 Å². The van der Waals surface area contributed by atoms with Crippen LogP contribution >= 0.6 is 12.2 Å². The molecule has 0 aliphatic carbocycles.